The monoisotopic (exact) mass is 162 g/mol. The summed E-state index contributed by atoms with van der Waals surface area (Å²) in [4.78, 5) is 15.2. The minimum atomic E-state index is -0.560. The highest BCUT2D eigenvalue weighted by Gasteiger charge is 2.11. The molecule has 0 aliphatic heterocycles. The Morgan fingerprint density at radius 2 is 2.27 bits per heavy atom. The number of methoxy groups -OCH3 is 1. The van der Waals surface area contributed by atoms with E-state index in [-0.39, 0.29) is 5.91 Å². The first-order chi connectivity index (χ1) is 5.22. The molecule has 1 unspecified atom stereocenters. The molecule has 66 valence electrons. The number of rotatable bonds is 5. The lowest BCUT2D eigenvalue weighted by molar-refractivity contribution is -0.133. The van der Waals surface area contributed by atoms with E-state index in [1.165, 1.54) is 7.11 Å². The summed E-state index contributed by atoms with van der Waals surface area (Å²) < 4.78 is 4.74. The van der Waals surface area contributed by atoms with Gasteiger partial charge < -0.3 is 10.5 Å². The Morgan fingerprint density at radius 1 is 1.64 bits per heavy atom. The van der Waals surface area contributed by atoms with Crippen LogP contribution in [-0.4, -0.2) is 32.8 Å². The summed E-state index contributed by atoms with van der Waals surface area (Å²) in [6, 6.07) is -0.560. The van der Waals surface area contributed by atoms with Gasteiger partial charge in [-0.25, -0.2) is 5.48 Å². The molecule has 0 bridgehead atoms. The van der Waals surface area contributed by atoms with Crippen LogP contribution in [0.1, 0.15) is 6.42 Å². The summed E-state index contributed by atoms with van der Waals surface area (Å²) in [6.45, 7) is 0.471. The van der Waals surface area contributed by atoms with Gasteiger partial charge >= 0.3 is 0 Å². The molecule has 0 radical (unpaired) electrons. The number of carbonyl (C=O) groups is 1. The Hall–Kier alpha value is -0.650. The topological polar surface area (TPSA) is 73.6 Å². The Kier molecular flexibility index (Phi) is 5.73. The van der Waals surface area contributed by atoms with Crippen LogP contribution in [-0.2, 0) is 14.4 Å². The van der Waals surface area contributed by atoms with Crippen molar-refractivity contribution in [2.45, 2.75) is 12.5 Å². The molecule has 1 amide bonds. The zero-order valence-corrected chi connectivity index (χ0v) is 6.79. The number of amides is 1. The average molecular weight is 162 g/mol. The molecule has 0 rings (SSSR count). The number of nitrogens with two attached hydrogens (primary N) is 1. The normalized spacial score (nSPS) is 12.6. The van der Waals surface area contributed by atoms with Gasteiger partial charge in [0.25, 0.3) is 5.91 Å². The van der Waals surface area contributed by atoms with Crippen LogP contribution in [0.3, 0.4) is 0 Å². The molecule has 5 heteroatoms. The first kappa shape index (κ1) is 10.3. The van der Waals surface area contributed by atoms with Gasteiger partial charge in [-0.3, -0.25) is 9.63 Å². The van der Waals surface area contributed by atoms with Gasteiger partial charge in [0, 0.05) is 13.7 Å². The van der Waals surface area contributed by atoms with Gasteiger partial charge in [0.15, 0.2) is 0 Å². The van der Waals surface area contributed by atoms with Crippen molar-refractivity contribution < 1.29 is 14.4 Å². The molecule has 0 heterocycles. The first-order valence-electron chi connectivity index (χ1n) is 3.29. The minimum Gasteiger partial charge on any atom is -0.385 e. The zero-order chi connectivity index (χ0) is 8.69. The molecular weight excluding hydrogens is 148 g/mol. The molecule has 3 N–H and O–H groups in total. The summed E-state index contributed by atoms with van der Waals surface area (Å²) >= 11 is 0. The van der Waals surface area contributed by atoms with Gasteiger partial charge in [0.1, 0.15) is 0 Å². The zero-order valence-electron chi connectivity index (χ0n) is 6.79. The second-order valence-corrected chi connectivity index (χ2v) is 2.06. The largest absolute Gasteiger partial charge is 0.385 e. The number of ether oxygens (including phenoxy) is 1. The Labute approximate surface area is 65.8 Å². The molecule has 1 atom stereocenters. The van der Waals surface area contributed by atoms with E-state index in [4.69, 9.17) is 10.5 Å². The molecule has 0 spiro atoms. The van der Waals surface area contributed by atoms with Crippen molar-refractivity contribution in [1.29, 1.82) is 0 Å². The Bertz CT molecular complexity index is 118. The highest BCUT2D eigenvalue weighted by Crippen LogP contribution is 1.87. The lowest BCUT2D eigenvalue weighted by Crippen LogP contribution is -2.40. The number of hydrogen-bond acceptors (Lipinski definition) is 4. The molecule has 0 aromatic heterocycles. The van der Waals surface area contributed by atoms with Gasteiger partial charge in [-0.1, -0.05) is 0 Å². The SMILES string of the molecule is COCCC(N)C(=O)NOC. The molecule has 0 aliphatic carbocycles. The Balaban J connectivity index is 3.46. The van der Waals surface area contributed by atoms with Gasteiger partial charge in [-0.2, -0.15) is 0 Å². The van der Waals surface area contributed by atoms with Crippen molar-refractivity contribution in [2.75, 3.05) is 20.8 Å². The predicted molar refractivity (Wildman–Crippen MR) is 39.6 cm³/mol. The van der Waals surface area contributed by atoms with Crippen LogP contribution in [0.4, 0.5) is 0 Å². The minimum absolute atomic E-state index is 0.329. The lowest BCUT2D eigenvalue weighted by Gasteiger charge is -2.09. The fourth-order valence-electron chi connectivity index (χ4n) is 0.552. The van der Waals surface area contributed by atoms with Crippen molar-refractivity contribution in [3.8, 4) is 0 Å². The van der Waals surface area contributed by atoms with E-state index >= 15 is 0 Å². The number of hydroxylamine groups is 1. The van der Waals surface area contributed by atoms with Crippen LogP contribution < -0.4 is 11.2 Å². The third kappa shape index (κ3) is 4.72. The van der Waals surface area contributed by atoms with E-state index in [1.54, 1.807) is 7.11 Å². The van der Waals surface area contributed by atoms with E-state index in [0.717, 1.165) is 0 Å². The summed E-state index contributed by atoms with van der Waals surface area (Å²) in [5, 5.41) is 0. The fraction of sp³-hybridized carbons (Fsp3) is 0.833. The van der Waals surface area contributed by atoms with E-state index in [0.29, 0.717) is 13.0 Å². The highest BCUT2D eigenvalue weighted by atomic mass is 16.6. The third-order valence-electron chi connectivity index (χ3n) is 1.17. The van der Waals surface area contributed by atoms with Crippen LogP contribution >= 0.6 is 0 Å². The van der Waals surface area contributed by atoms with Crippen molar-refractivity contribution in [1.82, 2.24) is 5.48 Å². The van der Waals surface area contributed by atoms with E-state index in [1.807, 2.05) is 0 Å². The summed E-state index contributed by atoms with van der Waals surface area (Å²) in [5.74, 6) is -0.329. The second kappa shape index (κ2) is 6.09. The quantitative estimate of drug-likeness (QED) is 0.510. The maximum Gasteiger partial charge on any atom is 0.260 e. The van der Waals surface area contributed by atoms with Crippen LogP contribution in [0.15, 0.2) is 0 Å². The van der Waals surface area contributed by atoms with Gasteiger partial charge in [0.2, 0.25) is 0 Å². The molecular formula is C6H14N2O3. The molecule has 0 aromatic rings. The third-order valence-corrected chi connectivity index (χ3v) is 1.17. The number of hydrogen-bond donors (Lipinski definition) is 2. The molecule has 0 saturated heterocycles. The first-order valence-corrected chi connectivity index (χ1v) is 3.29. The van der Waals surface area contributed by atoms with E-state index < -0.39 is 6.04 Å². The van der Waals surface area contributed by atoms with Crippen LogP contribution in [0.2, 0.25) is 0 Å². The highest BCUT2D eigenvalue weighted by molar-refractivity contribution is 5.80. The summed E-state index contributed by atoms with van der Waals surface area (Å²) in [6.07, 6.45) is 0.492. The average Bonchev–Trinajstić information content (AvgIpc) is 2.00. The molecule has 0 fully saturated rings. The summed E-state index contributed by atoms with van der Waals surface area (Å²) in [7, 11) is 2.92. The second-order valence-electron chi connectivity index (χ2n) is 2.06. The molecule has 5 nitrogen and oxygen atoms in total. The van der Waals surface area contributed by atoms with Crippen LogP contribution in [0, 0.1) is 0 Å². The van der Waals surface area contributed by atoms with Crippen molar-refractivity contribution in [3.63, 3.8) is 0 Å². The Morgan fingerprint density at radius 3 is 2.73 bits per heavy atom. The maximum atomic E-state index is 10.8. The smallest absolute Gasteiger partial charge is 0.260 e. The number of carbonyl (C=O) groups excluding carboxylic acids is 1. The van der Waals surface area contributed by atoms with Gasteiger partial charge in [-0.15, -0.1) is 0 Å². The van der Waals surface area contributed by atoms with Gasteiger partial charge in [-0.05, 0) is 6.42 Å². The van der Waals surface area contributed by atoms with E-state index in [2.05, 4.69) is 10.3 Å². The maximum absolute atomic E-state index is 10.8. The molecule has 11 heavy (non-hydrogen) atoms. The molecule has 0 aromatic carbocycles. The fourth-order valence-corrected chi connectivity index (χ4v) is 0.552. The lowest BCUT2D eigenvalue weighted by atomic mass is 10.2. The van der Waals surface area contributed by atoms with Crippen LogP contribution in [0.25, 0.3) is 0 Å². The van der Waals surface area contributed by atoms with Crippen molar-refractivity contribution >= 4 is 5.91 Å². The van der Waals surface area contributed by atoms with Crippen molar-refractivity contribution in [3.05, 3.63) is 0 Å². The summed E-state index contributed by atoms with van der Waals surface area (Å²) in [5.41, 5.74) is 7.55. The van der Waals surface area contributed by atoms with E-state index in [9.17, 15) is 4.79 Å². The number of nitrogens with one attached hydrogen (secondary N) is 1. The van der Waals surface area contributed by atoms with Gasteiger partial charge in [0.05, 0.1) is 13.2 Å². The standard InChI is InChI=1S/C6H14N2O3/c1-10-4-3-5(7)6(9)8-11-2/h5H,3-4,7H2,1-2H3,(H,8,9). The van der Waals surface area contributed by atoms with Crippen molar-refractivity contribution in [2.24, 2.45) is 5.73 Å². The molecule has 0 aliphatic rings. The predicted octanol–water partition coefficient (Wildman–Crippen LogP) is -0.972. The molecule has 0 saturated carbocycles. The van der Waals surface area contributed by atoms with Crippen LogP contribution in [0.5, 0.6) is 0 Å².